The van der Waals surface area contributed by atoms with E-state index in [0.717, 1.165) is 7.11 Å². The van der Waals surface area contributed by atoms with E-state index in [4.69, 9.17) is 52.1 Å². The highest BCUT2D eigenvalue weighted by atomic mass is 16.8. The summed E-state index contributed by atoms with van der Waals surface area (Å²) in [4.78, 5) is 67.8. The monoisotopic (exact) mass is 1220 g/mol. The number of hydrogen-bond donors (Lipinski definition) is 8. The van der Waals surface area contributed by atoms with E-state index in [2.05, 4.69) is 5.32 Å². The number of esters is 2. The molecule has 5 heterocycles. The topological polar surface area (TPSA) is 348 Å². The van der Waals surface area contributed by atoms with E-state index < -0.39 is 209 Å². The first-order valence-electron chi connectivity index (χ1n) is 30.1. The molecule has 9 aliphatic rings. The molecule has 25 heteroatoms. The summed E-state index contributed by atoms with van der Waals surface area (Å²) in [6.45, 7) is 18.5. The molecule has 4 aliphatic carbocycles. The number of carbonyl (C=O) groups excluding carboxylic acids is 5. The van der Waals surface area contributed by atoms with Gasteiger partial charge in [-0.15, -0.1) is 0 Å². The molecule has 8 N–H and O–H groups in total. The van der Waals surface area contributed by atoms with Gasteiger partial charge in [-0.1, -0.05) is 50.6 Å². The van der Waals surface area contributed by atoms with E-state index in [0.29, 0.717) is 30.3 Å². The molecule has 1 saturated carbocycles. The van der Waals surface area contributed by atoms with Crippen molar-refractivity contribution in [2.24, 2.45) is 40.9 Å². The molecule has 28 unspecified atom stereocenters. The number of carbonyl (C=O) groups is 5. The van der Waals surface area contributed by atoms with Crippen LogP contribution < -0.4 is 10.5 Å². The van der Waals surface area contributed by atoms with Crippen LogP contribution in [-0.4, -0.2) is 190 Å². The Labute approximate surface area is 500 Å². The van der Waals surface area contributed by atoms with Gasteiger partial charge in [0.2, 0.25) is 5.78 Å². The van der Waals surface area contributed by atoms with Crippen molar-refractivity contribution in [2.45, 2.75) is 243 Å². The third-order valence-corrected chi connectivity index (χ3v) is 20.2. The first-order chi connectivity index (χ1) is 40.5. The normalized spacial score (nSPS) is 46.7. The number of alkyl carbamates (subject to hydrolysis) is 1. The molecule has 1 amide bonds. The smallest absolute Gasteiger partial charge is 0.407 e. The van der Waals surface area contributed by atoms with Crippen molar-refractivity contribution < 1.29 is 112 Å². The third kappa shape index (κ3) is 12.3. The van der Waals surface area contributed by atoms with Gasteiger partial charge in [-0.05, 0) is 90.4 Å². The van der Waals surface area contributed by atoms with Crippen LogP contribution in [0.3, 0.4) is 0 Å². The Morgan fingerprint density at radius 2 is 1.45 bits per heavy atom. The molecule has 86 heavy (non-hydrogen) atoms. The molecule has 0 aromatic carbocycles. The number of ketones is 1. The first-order valence-corrected chi connectivity index (χ1v) is 30.1. The van der Waals surface area contributed by atoms with Crippen molar-refractivity contribution >= 4 is 30.1 Å². The molecular weight excluding hydrogens is 1130 g/mol. The maximum atomic E-state index is 15.5. The van der Waals surface area contributed by atoms with Crippen LogP contribution in [0.5, 0.6) is 0 Å². The molecule has 2 bridgehead atoms. The number of aliphatic hydroxyl groups excluding tert-OH is 5. The van der Waals surface area contributed by atoms with E-state index in [1.165, 1.54) is 19.9 Å². The minimum Gasteiger partial charge on any atom is -0.600 e. The van der Waals surface area contributed by atoms with E-state index >= 15 is 4.79 Å². The van der Waals surface area contributed by atoms with Crippen LogP contribution >= 0.6 is 0 Å². The summed E-state index contributed by atoms with van der Waals surface area (Å²) in [6, 6.07) is -1.04. The second-order valence-electron chi connectivity index (χ2n) is 25.8. The average molecular weight is 1220 g/mol. The fraction of sp³-hybridized carbons (Fsp3) is 0.754. The molecule has 28 atom stereocenters. The van der Waals surface area contributed by atoms with Crippen molar-refractivity contribution in [3.8, 4) is 0 Å². The van der Waals surface area contributed by atoms with Gasteiger partial charge >= 0.3 is 18.0 Å². The van der Waals surface area contributed by atoms with Crippen molar-refractivity contribution in [1.29, 1.82) is 0 Å². The zero-order chi connectivity index (χ0) is 62.8. The number of hydroxylamine groups is 2. The fourth-order valence-corrected chi connectivity index (χ4v) is 15.5. The van der Waals surface area contributed by atoms with Crippen molar-refractivity contribution in [1.82, 2.24) is 5.32 Å². The van der Waals surface area contributed by atoms with Gasteiger partial charge in [0.15, 0.2) is 42.4 Å². The molecule has 6 fully saturated rings. The molecule has 5 aliphatic heterocycles. The molecular formula is C61H88N2O23. The number of fused-ring (bicyclic) bond motifs is 4. The summed E-state index contributed by atoms with van der Waals surface area (Å²) in [6.07, 6.45) is -6.82. The third-order valence-electron chi connectivity index (χ3n) is 20.2. The van der Waals surface area contributed by atoms with E-state index in [1.54, 1.807) is 40.7 Å². The SMILES string of the molecule is COC(=O)NC1C(C)OC(OC2CC=C(C)C3C=CC4C(OC5CC(OC6CCC(OC7CC(O)C(O)C(C)O7)C(C)O6)C(OC(C)=O)C(C)O5)C(C)C(O)C(C)C4C3(C)C(O)=C3C(=O)OC4(CC(C=O)=CC(O)C4C=C2C)C3=O)CC1(C)[NH+]([O-])O. The van der Waals surface area contributed by atoms with Crippen LogP contribution in [0.1, 0.15) is 121 Å². The number of amides is 1. The Bertz CT molecular complexity index is 2700. The fourth-order valence-electron chi connectivity index (χ4n) is 15.5. The molecule has 1 spiro atoms. The van der Waals surface area contributed by atoms with Crippen LogP contribution in [-0.2, 0) is 71.3 Å². The number of methoxy groups -OCH3 is 1. The maximum absolute atomic E-state index is 15.5. The quantitative estimate of drug-likeness (QED) is 0.0348. The van der Waals surface area contributed by atoms with Gasteiger partial charge in [0.05, 0.1) is 80.5 Å². The van der Waals surface area contributed by atoms with E-state index in [1.807, 2.05) is 45.9 Å². The summed E-state index contributed by atoms with van der Waals surface area (Å²) in [5.74, 6) is -8.17. The summed E-state index contributed by atoms with van der Waals surface area (Å²) < 4.78 is 68.4. The highest BCUT2D eigenvalue weighted by Gasteiger charge is 2.66. The predicted octanol–water partition coefficient (Wildman–Crippen LogP) is 2.92. The molecule has 0 aromatic heterocycles. The highest BCUT2D eigenvalue weighted by Crippen LogP contribution is 2.61. The van der Waals surface area contributed by atoms with Crippen LogP contribution in [0.2, 0.25) is 0 Å². The van der Waals surface area contributed by atoms with E-state index in [-0.39, 0.29) is 31.3 Å². The van der Waals surface area contributed by atoms with Gasteiger partial charge in [0, 0.05) is 55.8 Å². The van der Waals surface area contributed by atoms with Crippen LogP contribution in [0, 0.1) is 46.1 Å². The van der Waals surface area contributed by atoms with Gasteiger partial charge in [-0.2, -0.15) is 0 Å². The Balaban J connectivity index is 1.05. The zero-order valence-corrected chi connectivity index (χ0v) is 50.9. The number of Topliss-reactive ketones (excluding diaryl/α,β-unsaturated/α-hetero) is 1. The Morgan fingerprint density at radius 3 is 2.10 bits per heavy atom. The lowest BCUT2D eigenvalue weighted by molar-refractivity contribution is -1.09. The summed E-state index contributed by atoms with van der Waals surface area (Å²) >= 11 is 0. The number of nitrogens with one attached hydrogen (secondary N) is 2. The molecule has 5 saturated heterocycles. The van der Waals surface area contributed by atoms with Gasteiger partial charge in [0.25, 0.3) is 0 Å². The number of aldehydes is 1. The van der Waals surface area contributed by atoms with Crippen LogP contribution in [0.25, 0.3) is 0 Å². The Morgan fingerprint density at radius 1 is 0.791 bits per heavy atom. The van der Waals surface area contributed by atoms with Gasteiger partial charge < -0.3 is 88.2 Å². The number of quaternary nitrogens is 1. The second-order valence-corrected chi connectivity index (χ2v) is 25.8. The second kappa shape index (κ2) is 25.7. The summed E-state index contributed by atoms with van der Waals surface area (Å²) in [7, 11) is 1.16. The van der Waals surface area contributed by atoms with Crippen LogP contribution in [0.15, 0.2) is 58.4 Å². The largest absolute Gasteiger partial charge is 0.600 e. The minimum atomic E-state index is -2.24. The Kier molecular flexibility index (Phi) is 19.7. The Hall–Kier alpha value is -4.55. The average Bonchev–Trinajstić information content (AvgIpc) is 1.28. The van der Waals surface area contributed by atoms with E-state index in [9.17, 15) is 55.1 Å². The summed E-state index contributed by atoms with van der Waals surface area (Å²) in [5.41, 5.74) is -5.11. The van der Waals surface area contributed by atoms with Crippen LogP contribution in [0.4, 0.5) is 4.79 Å². The summed E-state index contributed by atoms with van der Waals surface area (Å²) in [5, 5.41) is 83.2. The number of hydrogen-bond acceptors (Lipinski definition) is 23. The molecule has 0 radical (unpaired) electrons. The number of aliphatic hydroxyl groups is 5. The van der Waals surface area contributed by atoms with Crippen molar-refractivity contribution in [3.63, 3.8) is 0 Å². The number of rotatable bonds is 12. The minimum absolute atomic E-state index is 0.0259. The first kappa shape index (κ1) is 65.9. The van der Waals surface area contributed by atoms with Gasteiger partial charge in [-0.3, -0.25) is 14.4 Å². The lowest BCUT2D eigenvalue weighted by Gasteiger charge is -2.58. The zero-order valence-electron chi connectivity index (χ0n) is 50.9. The molecule has 480 valence electrons. The molecule has 25 nitrogen and oxygen atoms in total. The maximum Gasteiger partial charge on any atom is 0.407 e. The lowest BCUT2D eigenvalue weighted by atomic mass is 9.48. The van der Waals surface area contributed by atoms with Crippen molar-refractivity contribution in [2.75, 3.05) is 7.11 Å². The molecule has 0 aromatic rings. The molecule has 9 rings (SSSR count). The lowest BCUT2D eigenvalue weighted by Crippen LogP contribution is -3.17. The van der Waals surface area contributed by atoms with Gasteiger partial charge in [0.1, 0.15) is 35.9 Å². The highest BCUT2D eigenvalue weighted by molar-refractivity contribution is 6.26. The number of ether oxygens (including phenoxy) is 11. The van der Waals surface area contributed by atoms with Gasteiger partial charge in [-0.25, -0.2) is 20.0 Å². The van der Waals surface area contributed by atoms with Crippen molar-refractivity contribution in [3.05, 3.63) is 63.6 Å². The standard InChI is InChI=1S/C61H88N2O23/c1-26-13-16-41(82-47-24-59(10,63(74)75)54(33(8)80-47)62-58(73)76-12)27(2)19-38-39(66)20-35(25-64)23-61(38)56(71)48(57(72)86-61)55(70)60(11)37(26)15-14-36-49(60)28(3)50(68)29(4)52(36)85-46-22-43(53(32(7)79-46)81-34(9)65)84-44-18-17-42(30(5)77-44)83-45-21-40(67)51(69)31(6)78-45/h13-15,19-20,25,28-33,36-47,49-54,63,66-70,74H,16-18,21-24H2,1-12H3,(H,62,73). The predicted molar refractivity (Wildman–Crippen MR) is 297 cm³/mol. The number of allylic oxidation sites excluding steroid dienone is 3.